The monoisotopic (exact) mass is 278 g/mol. The third kappa shape index (κ3) is 2.51. The molecule has 0 aliphatic heterocycles. The molecule has 0 bridgehead atoms. The molecule has 1 N–H and O–H groups in total. The second kappa shape index (κ2) is 5.52. The van der Waals surface area contributed by atoms with E-state index in [4.69, 9.17) is 0 Å². The van der Waals surface area contributed by atoms with E-state index in [-0.39, 0.29) is 17.2 Å². The molecule has 2 aromatic rings. The van der Waals surface area contributed by atoms with Crippen LogP contribution in [0.3, 0.4) is 0 Å². The second-order valence-corrected chi connectivity index (χ2v) is 3.95. The van der Waals surface area contributed by atoms with Crippen LogP contribution in [0.15, 0.2) is 41.7 Å². The predicted molar refractivity (Wildman–Crippen MR) is 67.6 cm³/mol. The fraction of sp³-hybridized carbons (Fsp3) is 0.0769. The van der Waals surface area contributed by atoms with Crippen molar-refractivity contribution < 1.29 is 18.6 Å². The quantitative estimate of drug-likeness (QED) is 0.810. The van der Waals surface area contributed by atoms with Crippen LogP contribution in [0.2, 0.25) is 0 Å². The van der Waals surface area contributed by atoms with Gasteiger partial charge in [-0.25, -0.2) is 14.2 Å². The number of hydrogen-bond donors (Lipinski definition) is 0. The van der Waals surface area contributed by atoms with Crippen molar-refractivity contribution in [2.75, 3.05) is 4.90 Å². The highest BCUT2D eigenvalue weighted by atomic mass is 19.2. The number of carbonyl (C=O) groups excluding carboxylic acids is 1. The van der Waals surface area contributed by atoms with E-state index in [2.05, 4.69) is 10.2 Å². The third-order valence-electron chi connectivity index (χ3n) is 2.60. The minimum absolute atomic E-state index is 0.0572. The molecular formula is C13H10F2N3O2+. The summed E-state index contributed by atoms with van der Waals surface area (Å²) < 4.78 is 27.1. The summed E-state index contributed by atoms with van der Waals surface area (Å²) in [5, 5.41) is 2.73. The number of nitrogens with zero attached hydrogens (tertiary/aromatic N) is 2. The molecule has 0 unspecified atom stereocenters. The number of carbonyl (C=O) groups is 1. The lowest BCUT2D eigenvalue weighted by atomic mass is 10.2. The molecule has 0 fully saturated rings. The van der Waals surface area contributed by atoms with Crippen LogP contribution < -0.4 is 9.88 Å². The van der Waals surface area contributed by atoms with E-state index in [1.165, 1.54) is 37.4 Å². The number of H-pyrrole nitrogens is 1. The minimum Gasteiger partial charge on any atom is -0.247 e. The smallest absolute Gasteiger partial charge is 0.247 e. The predicted octanol–water partition coefficient (Wildman–Crippen LogP) is 2.86. The standard InChI is InChI=1S/C13H9F2N3O2/c1-8(19)18(11-4-2-3-10(14)13(11)15)12-7-9(17-20)5-6-16-12/h2-7H,1H3/p+1. The molecule has 1 amide bonds. The Balaban J connectivity index is 2.59. The van der Waals surface area contributed by atoms with Crippen LogP contribution in [0.1, 0.15) is 6.92 Å². The number of aromatic amines is 1. The van der Waals surface area contributed by atoms with Crippen molar-refractivity contribution in [3.63, 3.8) is 0 Å². The number of anilines is 2. The van der Waals surface area contributed by atoms with E-state index in [9.17, 15) is 18.5 Å². The van der Waals surface area contributed by atoms with Gasteiger partial charge < -0.3 is 0 Å². The average Bonchev–Trinajstić information content (AvgIpc) is 2.44. The van der Waals surface area contributed by atoms with Crippen LogP contribution in [0.5, 0.6) is 0 Å². The first-order valence-corrected chi connectivity index (χ1v) is 5.64. The van der Waals surface area contributed by atoms with Crippen LogP contribution >= 0.6 is 0 Å². The van der Waals surface area contributed by atoms with Crippen LogP contribution in [0.4, 0.5) is 26.0 Å². The summed E-state index contributed by atoms with van der Waals surface area (Å²) in [5.41, 5.74) is -0.196. The van der Waals surface area contributed by atoms with Crippen molar-refractivity contribution in [1.82, 2.24) is 0 Å². The molecule has 0 aliphatic carbocycles. The lowest BCUT2D eigenvalue weighted by Crippen LogP contribution is -2.29. The van der Waals surface area contributed by atoms with Gasteiger partial charge in [0.05, 0.1) is 12.3 Å². The van der Waals surface area contributed by atoms with Crippen molar-refractivity contribution in [1.29, 1.82) is 0 Å². The van der Waals surface area contributed by atoms with Gasteiger partial charge in [0.2, 0.25) is 5.82 Å². The van der Waals surface area contributed by atoms with E-state index in [0.717, 1.165) is 11.0 Å². The fourth-order valence-corrected chi connectivity index (χ4v) is 1.76. The first kappa shape index (κ1) is 13.7. The van der Waals surface area contributed by atoms with Gasteiger partial charge in [0, 0.05) is 13.0 Å². The molecule has 0 spiro atoms. The highest BCUT2D eigenvalue weighted by Crippen LogP contribution is 2.28. The number of nitroso groups, excluding NO2 is 1. The Hall–Kier alpha value is -2.70. The number of benzene rings is 1. The largest absolute Gasteiger partial charge is 0.311 e. The van der Waals surface area contributed by atoms with Gasteiger partial charge in [-0.05, 0) is 17.3 Å². The Morgan fingerprint density at radius 2 is 2.05 bits per heavy atom. The molecular weight excluding hydrogens is 268 g/mol. The highest BCUT2D eigenvalue weighted by molar-refractivity contribution is 5.97. The Kier molecular flexibility index (Phi) is 3.79. The Morgan fingerprint density at radius 3 is 2.70 bits per heavy atom. The third-order valence-corrected chi connectivity index (χ3v) is 2.60. The molecule has 5 nitrogen and oxygen atoms in total. The molecule has 1 aromatic carbocycles. The van der Waals surface area contributed by atoms with Crippen molar-refractivity contribution >= 4 is 23.1 Å². The second-order valence-electron chi connectivity index (χ2n) is 3.95. The highest BCUT2D eigenvalue weighted by Gasteiger charge is 2.28. The minimum atomic E-state index is -1.15. The number of hydrogen-bond acceptors (Lipinski definition) is 3. The summed E-state index contributed by atoms with van der Waals surface area (Å²) in [6, 6.07) is 6.14. The van der Waals surface area contributed by atoms with Crippen LogP contribution in [-0.4, -0.2) is 5.91 Å². The molecule has 1 heterocycles. The maximum absolute atomic E-state index is 13.8. The fourth-order valence-electron chi connectivity index (χ4n) is 1.76. The molecule has 0 aliphatic rings. The van der Waals surface area contributed by atoms with Crippen molar-refractivity contribution in [3.8, 4) is 0 Å². The number of amides is 1. The van der Waals surface area contributed by atoms with E-state index < -0.39 is 17.5 Å². The number of pyridine rings is 1. The van der Waals surface area contributed by atoms with Gasteiger partial charge in [0.25, 0.3) is 5.82 Å². The lowest BCUT2D eigenvalue weighted by molar-refractivity contribution is -0.362. The maximum Gasteiger partial charge on any atom is 0.311 e. The van der Waals surface area contributed by atoms with E-state index in [0.29, 0.717) is 0 Å². The van der Waals surface area contributed by atoms with Crippen LogP contribution in [-0.2, 0) is 4.79 Å². The van der Waals surface area contributed by atoms with Gasteiger partial charge in [-0.3, -0.25) is 0 Å². The van der Waals surface area contributed by atoms with E-state index >= 15 is 0 Å². The van der Waals surface area contributed by atoms with Crippen molar-refractivity contribution in [2.24, 2.45) is 5.18 Å². The number of nitrogens with one attached hydrogen (secondary N) is 1. The Morgan fingerprint density at radius 1 is 1.30 bits per heavy atom. The van der Waals surface area contributed by atoms with Gasteiger partial charge >= 0.3 is 5.91 Å². The lowest BCUT2D eigenvalue weighted by Gasteiger charge is -2.13. The van der Waals surface area contributed by atoms with Crippen molar-refractivity contribution in [2.45, 2.75) is 6.92 Å². The van der Waals surface area contributed by atoms with Gasteiger partial charge in [-0.2, -0.15) is 9.29 Å². The van der Waals surface area contributed by atoms with Crippen LogP contribution in [0.25, 0.3) is 0 Å². The van der Waals surface area contributed by atoms with Gasteiger partial charge in [0.15, 0.2) is 11.5 Å². The van der Waals surface area contributed by atoms with Gasteiger partial charge in [-0.15, -0.1) is 4.91 Å². The molecule has 102 valence electrons. The Bertz CT molecular complexity index is 676. The molecule has 0 saturated carbocycles. The topological polar surface area (TPSA) is 63.9 Å². The normalized spacial score (nSPS) is 10.2. The van der Waals surface area contributed by atoms with E-state index in [1.807, 2.05) is 0 Å². The van der Waals surface area contributed by atoms with E-state index in [1.54, 1.807) is 0 Å². The summed E-state index contributed by atoms with van der Waals surface area (Å²) >= 11 is 0. The van der Waals surface area contributed by atoms with Gasteiger partial charge in [-0.1, -0.05) is 6.07 Å². The zero-order valence-electron chi connectivity index (χ0n) is 10.4. The zero-order chi connectivity index (χ0) is 14.7. The molecule has 0 radical (unpaired) electrons. The molecule has 7 heteroatoms. The molecule has 0 saturated heterocycles. The Labute approximate surface area is 112 Å². The molecule has 2 rings (SSSR count). The summed E-state index contributed by atoms with van der Waals surface area (Å²) in [5.74, 6) is -2.66. The first-order valence-electron chi connectivity index (χ1n) is 5.64. The molecule has 1 aromatic heterocycles. The molecule has 20 heavy (non-hydrogen) atoms. The van der Waals surface area contributed by atoms with Gasteiger partial charge in [0.1, 0.15) is 5.69 Å². The number of halogens is 2. The van der Waals surface area contributed by atoms with Crippen LogP contribution in [0, 0.1) is 16.5 Å². The summed E-state index contributed by atoms with van der Waals surface area (Å²) in [6.45, 7) is 1.19. The average molecular weight is 278 g/mol. The number of rotatable bonds is 3. The number of aromatic nitrogens is 1. The summed E-state index contributed by atoms with van der Waals surface area (Å²) in [7, 11) is 0. The maximum atomic E-state index is 13.8. The SMILES string of the molecule is CC(=O)N(c1cc(N=O)cc[nH+]1)c1cccc(F)c1F. The molecule has 0 atom stereocenters. The first-order chi connectivity index (χ1) is 9.54. The summed E-state index contributed by atoms with van der Waals surface area (Å²) in [6.07, 6.45) is 1.37. The zero-order valence-corrected chi connectivity index (χ0v) is 10.4. The summed E-state index contributed by atoms with van der Waals surface area (Å²) in [4.78, 5) is 25.8. The van der Waals surface area contributed by atoms with Crippen molar-refractivity contribution in [3.05, 3.63) is 53.1 Å².